The van der Waals surface area contributed by atoms with E-state index in [1.165, 1.54) is 16.8 Å². The van der Waals surface area contributed by atoms with Crippen molar-refractivity contribution < 1.29 is 18.6 Å². The number of nitrogens with zero attached hydrogens (tertiary/aromatic N) is 2. The van der Waals surface area contributed by atoms with Gasteiger partial charge in [-0.05, 0) is 25.5 Å². The Morgan fingerprint density at radius 3 is 2.74 bits per heavy atom. The third-order valence-electron chi connectivity index (χ3n) is 4.09. The number of hydrogen-bond donors (Lipinski definition) is 1. The van der Waals surface area contributed by atoms with Crippen molar-refractivity contribution in [1.82, 2.24) is 9.55 Å². The SMILES string of the molecule is CC(C)OP1(=O)C[C@@H](n2ccc(N)nc2=O)O[C@@H]1COCc1ccccc1. The summed E-state index contributed by atoms with van der Waals surface area (Å²) in [7, 11) is -3.18. The van der Waals surface area contributed by atoms with E-state index in [0.29, 0.717) is 6.61 Å². The molecule has 1 aromatic carbocycles. The molecule has 1 saturated heterocycles. The van der Waals surface area contributed by atoms with Crippen LogP contribution < -0.4 is 11.4 Å². The lowest BCUT2D eigenvalue weighted by Gasteiger charge is -2.21. The van der Waals surface area contributed by atoms with Gasteiger partial charge in [0.25, 0.3) is 0 Å². The molecule has 27 heavy (non-hydrogen) atoms. The third kappa shape index (κ3) is 4.84. The normalized spacial score (nSPS) is 25.1. The molecule has 0 aliphatic carbocycles. The number of hydrogen-bond acceptors (Lipinski definition) is 7. The van der Waals surface area contributed by atoms with Crippen LogP contribution in [0.1, 0.15) is 25.6 Å². The summed E-state index contributed by atoms with van der Waals surface area (Å²) in [5.41, 5.74) is 5.98. The second-order valence-electron chi connectivity index (χ2n) is 6.65. The van der Waals surface area contributed by atoms with E-state index >= 15 is 0 Å². The maximum Gasteiger partial charge on any atom is 0.351 e. The summed E-state index contributed by atoms with van der Waals surface area (Å²) < 4.78 is 32.0. The van der Waals surface area contributed by atoms with Crippen LogP contribution in [-0.4, -0.2) is 34.3 Å². The van der Waals surface area contributed by atoms with Crippen molar-refractivity contribution in [3.8, 4) is 0 Å². The topological polar surface area (TPSA) is 106 Å². The summed E-state index contributed by atoms with van der Waals surface area (Å²) in [5, 5.41) is 0. The van der Waals surface area contributed by atoms with E-state index in [1.54, 1.807) is 0 Å². The van der Waals surface area contributed by atoms with Crippen molar-refractivity contribution in [3.05, 3.63) is 58.6 Å². The molecule has 2 heterocycles. The average Bonchev–Trinajstić information content (AvgIpc) is 2.91. The smallest absolute Gasteiger partial charge is 0.351 e. The van der Waals surface area contributed by atoms with Crippen LogP contribution in [0.15, 0.2) is 47.4 Å². The monoisotopic (exact) mass is 393 g/mol. The number of anilines is 1. The molecule has 1 aliphatic rings. The van der Waals surface area contributed by atoms with E-state index in [-0.39, 0.29) is 24.7 Å². The van der Waals surface area contributed by atoms with Crippen LogP contribution in [-0.2, 0) is 25.2 Å². The Balaban J connectivity index is 1.73. The highest BCUT2D eigenvalue weighted by Crippen LogP contribution is 2.61. The second-order valence-corrected chi connectivity index (χ2v) is 9.26. The predicted molar refractivity (Wildman–Crippen MR) is 102 cm³/mol. The fourth-order valence-corrected chi connectivity index (χ4v) is 5.45. The van der Waals surface area contributed by atoms with Gasteiger partial charge in [0.2, 0.25) is 7.37 Å². The standard InChI is InChI=1S/C18H24N3O5P/c1-13(2)26-27(23)12-16(21-9-8-15(19)20-18(21)22)25-17(27)11-24-10-14-6-4-3-5-7-14/h3-9,13,16-17H,10-12H2,1-2H3,(H2,19,20,22)/t16-,17-,27?/m0/s1. The molecule has 1 aromatic heterocycles. The number of rotatable bonds is 7. The van der Waals surface area contributed by atoms with E-state index in [2.05, 4.69) is 4.98 Å². The number of aromatic nitrogens is 2. The molecule has 1 unspecified atom stereocenters. The quantitative estimate of drug-likeness (QED) is 0.721. The predicted octanol–water partition coefficient (Wildman–Crippen LogP) is 2.60. The van der Waals surface area contributed by atoms with E-state index in [1.807, 2.05) is 44.2 Å². The zero-order valence-electron chi connectivity index (χ0n) is 15.4. The molecule has 0 radical (unpaired) electrons. The molecule has 9 heteroatoms. The van der Waals surface area contributed by atoms with Crippen molar-refractivity contribution in [2.45, 2.75) is 38.6 Å². The van der Waals surface area contributed by atoms with Crippen LogP contribution in [0.4, 0.5) is 5.82 Å². The van der Waals surface area contributed by atoms with Gasteiger partial charge in [0.15, 0.2) is 5.85 Å². The number of nitrogen functional groups attached to an aromatic ring is 1. The zero-order chi connectivity index (χ0) is 19.4. The summed E-state index contributed by atoms with van der Waals surface area (Å²) in [5.74, 6) is -0.628. The molecule has 1 aliphatic heterocycles. The lowest BCUT2D eigenvalue weighted by Crippen LogP contribution is -2.28. The number of benzene rings is 1. The first-order chi connectivity index (χ1) is 12.9. The van der Waals surface area contributed by atoms with Gasteiger partial charge >= 0.3 is 5.69 Å². The van der Waals surface area contributed by atoms with Crippen molar-refractivity contribution in [1.29, 1.82) is 0 Å². The molecule has 2 N–H and O–H groups in total. The Bertz CT molecular complexity index is 871. The van der Waals surface area contributed by atoms with Gasteiger partial charge in [-0.15, -0.1) is 0 Å². The van der Waals surface area contributed by atoms with Crippen LogP contribution in [0, 0.1) is 0 Å². The minimum atomic E-state index is -3.18. The van der Waals surface area contributed by atoms with Gasteiger partial charge in [-0.2, -0.15) is 4.98 Å². The second kappa shape index (κ2) is 8.35. The van der Waals surface area contributed by atoms with E-state index < -0.39 is 25.1 Å². The molecule has 0 bridgehead atoms. The first-order valence-corrected chi connectivity index (χ1v) is 10.6. The molecular weight excluding hydrogens is 369 g/mol. The maximum absolute atomic E-state index is 13.4. The fraction of sp³-hybridized carbons (Fsp3) is 0.444. The maximum atomic E-state index is 13.4. The van der Waals surface area contributed by atoms with Gasteiger partial charge in [0.1, 0.15) is 12.0 Å². The van der Waals surface area contributed by atoms with Crippen LogP contribution >= 0.6 is 7.37 Å². The summed E-state index contributed by atoms with van der Waals surface area (Å²) in [4.78, 5) is 15.8. The molecule has 3 rings (SSSR count). The molecule has 3 atom stereocenters. The summed E-state index contributed by atoms with van der Waals surface area (Å²) >= 11 is 0. The highest BCUT2D eigenvalue weighted by Gasteiger charge is 2.47. The van der Waals surface area contributed by atoms with Gasteiger partial charge in [0.05, 0.1) is 25.5 Å². The average molecular weight is 393 g/mol. The van der Waals surface area contributed by atoms with Crippen molar-refractivity contribution in [2.75, 3.05) is 18.5 Å². The highest BCUT2D eigenvalue weighted by atomic mass is 31.2. The van der Waals surface area contributed by atoms with Gasteiger partial charge in [-0.3, -0.25) is 9.13 Å². The van der Waals surface area contributed by atoms with Gasteiger partial charge in [-0.25, -0.2) is 4.79 Å². The van der Waals surface area contributed by atoms with E-state index in [0.717, 1.165) is 5.56 Å². The van der Waals surface area contributed by atoms with E-state index in [9.17, 15) is 9.36 Å². The third-order valence-corrected chi connectivity index (χ3v) is 6.83. The van der Waals surface area contributed by atoms with Crippen molar-refractivity contribution >= 4 is 13.2 Å². The molecule has 2 aromatic rings. The Morgan fingerprint density at radius 2 is 2.07 bits per heavy atom. The zero-order valence-corrected chi connectivity index (χ0v) is 16.2. The van der Waals surface area contributed by atoms with Gasteiger partial charge < -0.3 is 19.7 Å². The Hall–Kier alpha value is -1.99. The Labute approximate surface area is 157 Å². The molecule has 146 valence electrons. The molecule has 8 nitrogen and oxygen atoms in total. The largest absolute Gasteiger partial charge is 0.383 e. The molecule has 0 saturated carbocycles. The molecular formula is C18H24N3O5P. The van der Waals surface area contributed by atoms with Crippen LogP contribution in [0.3, 0.4) is 0 Å². The summed E-state index contributed by atoms with van der Waals surface area (Å²) in [6.45, 7) is 4.10. The molecule has 0 spiro atoms. The van der Waals surface area contributed by atoms with Crippen LogP contribution in [0.5, 0.6) is 0 Å². The highest BCUT2D eigenvalue weighted by molar-refractivity contribution is 7.59. The summed E-state index contributed by atoms with van der Waals surface area (Å²) in [6.07, 6.45) is 0.592. The first-order valence-electron chi connectivity index (χ1n) is 8.76. The first kappa shape index (κ1) is 19.8. The lowest BCUT2D eigenvalue weighted by atomic mass is 10.2. The Morgan fingerprint density at radius 1 is 1.33 bits per heavy atom. The minimum absolute atomic E-state index is 0.0794. The lowest BCUT2D eigenvalue weighted by molar-refractivity contribution is -0.0324. The molecule has 1 fully saturated rings. The van der Waals surface area contributed by atoms with Crippen molar-refractivity contribution in [3.63, 3.8) is 0 Å². The number of nitrogens with two attached hydrogens (primary N) is 1. The van der Waals surface area contributed by atoms with E-state index in [4.69, 9.17) is 19.7 Å². The molecule has 0 amide bonds. The van der Waals surface area contributed by atoms with Gasteiger partial charge in [-0.1, -0.05) is 30.3 Å². The fourth-order valence-electron chi connectivity index (χ4n) is 2.92. The van der Waals surface area contributed by atoms with Gasteiger partial charge in [0, 0.05) is 6.20 Å². The summed E-state index contributed by atoms with van der Waals surface area (Å²) in [6, 6.07) is 11.2. The van der Waals surface area contributed by atoms with Crippen molar-refractivity contribution in [2.24, 2.45) is 0 Å². The number of ether oxygens (including phenoxy) is 2. The Kier molecular flexibility index (Phi) is 6.11. The van der Waals surface area contributed by atoms with Crippen LogP contribution in [0.2, 0.25) is 0 Å². The minimum Gasteiger partial charge on any atom is -0.383 e. The van der Waals surface area contributed by atoms with Crippen LogP contribution in [0.25, 0.3) is 0 Å².